The number of allylic oxidation sites excluding steroid dienone is 1. The molecule has 0 aromatic carbocycles. The Balaban J connectivity index is 5.78. The van der Waals surface area contributed by atoms with E-state index in [0.29, 0.717) is 0 Å². The molecule has 0 radical (unpaired) electrons. The highest BCUT2D eigenvalue weighted by atomic mass is 16.6. The number of aldehydes is 1. The Kier molecular flexibility index (Phi) is 8.74. The molecule has 0 saturated heterocycles. The van der Waals surface area contributed by atoms with Gasteiger partial charge in [-0.25, -0.2) is 0 Å². The van der Waals surface area contributed by atoms with E-state index in [1.165, 1.54) is 13.0 Å². The van der Waals surface area contributed by atoms with Gasteiger partial charge in [0.2, 0.25) is 0 Å². The molecular formula is C14H20O9. The summed E-state index contributed by atoms with van der Waals surface area (Å²) in [7, 11) is 0. The Morgan fingerprint density at radius 3 is 1.83 bits per heavy atom. The van der Waals surface area contributed by atoms with Gasteiger partial charge in [-0.05, 0) is 13.0 Å². The second-order valence-corrected chi connectivity index (χ2v) is 4.51. The van der Waals surface area contributed by atoms with Gasteiger partial charge in [-0.3, -0.25) is 14.4 Å². The monoisotopic (exact) mass is 332 g/mol. The summed E-state index contributed by atoms with van der Waals surface area (Å²) in [6, 6.07) is 0. The number of rotatable bonds is 8. The summed E-state index contributed by atoms with van der Waals surface area (Å²) in [5.41, 5.74) is 0. The molecule has 9 nitrogen and oxygen atoms in total. The zero-order valence-corrected chi connectivity index (χ0v) is 13.2. The lowest BCUT2D eigenvalue weighted by atomic mass is 10.0. The molecule has 0 rings (SSSR count). The zero-order chi connectivity index (χ0) is 18.2. The molecule has 0 amide bonds. The van der Waals surface area contributed by atoms with Gasteiger partial charge in [-0.1, -0.05) is 0 Å². The molecule has 23 heavy (non-hydrogen) atoms. The highest BCUT2D eigenvalue weighted by Gasteiger charge is 2.40. The standard InChI is InChI=1S/C14H20O9/c1-5-11(21-7(2)16)13(22-8(3)17)14(23-9(4)18)12(20)10(19)6-15/h5-6,10,12-14,19-20H,1-4H3/t10-,12+,13+,14-/m0/s1. The maximum atomic E-state index is 11.3. The molecule has 2 N–H and O–H groups in total. The van der Waals surface area contributed by atoms with E-state index in [-0.39, 0.29) is 12.0 Å². The topological polar surface area (TPSA) is 136 Å². The Bertz CT molecular complexity index is 483. The quantitative estimate of drug-likeness (QED) is 0.254. The highest BCUT2D eigenvalue weighted by molar-refractivity contribution is 5.69. The van der Waals surface area contributed by atoms with Crippen LogP contribution < -0.4 is 0 Å². The summed E-state index contributed by atoms with van der Waals surface area (Å²) in [6.45, 7) is 4.59. The lowest BCUT2D eigenvalue weighted by Gasteiger charge is -2.31. The lowest BCUT2D eigenvalue weighted by Crippen LogP contribution is -2.50. The predicted octanol–water partition coefficient (Wildman–Crippen LogP) is -0.763. The van der Waals surface area contributed by atoms with E-state index in [1.54, 1.807) is 0 Å². The molecule has 0 aliphatic carbocycles. The molecule has 130 valence electrons. The fourth-order valence-corrected chi connectivity index (χ4v) is 1.69. The first-order valence-electron chi connectivity index (χ1n) is 6.64. The van der Waals surface area contributed by atoms with Crippen LogP contribution in [0.2, 0.25) is 0 Å². The largest absolute Gasteiger partial charge is 0.455 e. The van der Waals surface area contributed by atoms with E-state index in [2.05, 4.69) is 0 Å². The van der Waals surface area contributed by atoms with Crippen molar-refractivity contribution < 1.29 is 43.6 Å². The van der Waals surface area contributed by atoms with Crippen molar-refractivity contribution in [1.29, 1.82) is 0 Å². The molecule has 0 aromatic heterocycles. The van der Waals surface area contributed by atoms with Gasteiger partial charge in [0.25, 0.3) is 0 Å². The van der Waals surface area contributed by atoms with Crippen molar-refractivity contribution in [3.8, 4) is 0 Å². The summed E-state index contributed by atoms with van der Waals surface area (Å²) in [6.07, 6.45) is -5.74. The van der Waals surface area contributed by atoms with Crippen molar-refractivity contribution in [2.75, 3.05) is 0 Å². The molecule has 0 aliphatic rings. The fourth-order valence-electron chi connectivity index (χ4n) is 1.69. The Morgan fingerprint density at radius 2 is 1.48 bits per heavy atom. The number of carbonyl (C=O) groups excluding carboxylic acids is 4. The minimum absolute atomic E-state index is 0.0210. The molecule has 0 unspecified atom stereocenters. The molecule has 0 spiro atoms. The molecule has 0 fully saturated rings. The van der Waals surface area contributed by atoms with Crippen molar-refractivity contribution in [2.24, 2.45) is 0 Å². The normalized spacial score (nSPS) is 16.5. The van der Waals surface area contributed by atoms with Crippen molar-refractivity contribution in [2.45, 2.75) is 52.1 Å². The minimum atomic E-state index is -1.91. The number of carbonyl (C=O) groups is 4. The van der Waals surface area contributed by atoms with E-state index in [1.807, 2.05) is 0 Å². The first-order valence-corrected chi connectivity index (χ1v) is 6.64. The molecular weight excluding hydrogens is 312 g/mol. The van der Waals surface area contributed by atoms with Crippen LogP contribution in [0, 0.1) is 0 Å². The highest BCUT2D eigenvalue weighted by Crippen LogP contribution is 2.21. The third-order valence-corrected chi connectivity index (χ3v) is 2.55. The van der Waals surface area contributed by atoms with Crippen LogP contribution in [-0.4, -0.2) is 58.8 Å². The molecule has 0 aromatic rings. The first kappa shape index (κ1) is 20.7. The Morgan fingerprint density at radius 1 is 0.957 bits per heavy atom. The van der Waals surface area contributed by atoms with Crippen LogP contribution in [0.3, 0.4) is 0 Å². The molecule has 9 heteroatoms. The van der Waals surface area contributed by atoms with Gasteiger partial charge in [0.05, 0.1) is 0 Å². The molecule has 0 aliphatic heterocycles. The average molecular weight is 332 g/mol. The maximum Gasteiger partial charge on any atom is 0.307 e. The predicted molar refractivity (Wildman–Crippen MR) is 74.7 cm³/mol. The molecule has 0 saturated carbocycles. The van der Waals surface area contributed by atoms with Gasteiger partial charge < -0.3 is 29.2 Å². The number of hydrogen-bond donors (Lipinski definition) is 2. The van der Waals surface area contributed by atoms with Crippen LogP contribution in [0.25, 0.3) is 0 Å². The number of aliphatic hydroxyl groups is 2. The third-order valence-electron chi connectivity index (χ3n) is 2.55. The average Bonchev–Trinajstić information content (AvgIpc) is 2.46. The van der Waals surface area contributed by atoms with Crippen molar-refractivity contribution in [3.63, 3.8) is 0 Å². The van der Waals surface area contributed by atoms with Gasteiger partial charge in [0, 0.05) is 20.8 Å². The first-order chi connectivity index (χ1) is 10.6. The fraction of sp³-hybridized carbons (Fsp3) is 0.571. The van der Waals surface area contributed by atoms with Crippen molar-refractivity contribution in [1.82, 2.24) is 0 Å². The number of hydrogen-bond acceptors (Lipinski definition) is 9. The van der Waals surface area contributed by atoms with E-state index in [0.717, 1.165) is 20.8 Å². The Labute approximate surface area is 132 Å². The number of aliphatic hydroxyl groups excluding tert-OH is 2. The van der Waals surface area contributed by atoms with Crippen LogP contribution in [0.15, 0.2) is 11.8 Å². The van der Waals surface area contributed by atoms with E-state index in [9.17, 15) is 29.4 Å². The molecule has 4 atom stereocenters. The number of ether oxygens (including phenoxy) is 3. The summed E-state index contributed by atoms with van der Waals surface area (Å²) in [4.78, 5) is 44.3. The third kappa shape index (κ3) is 7.02. The lowest BCUT2D eigenvalue weighted by molar-refractivity contribution is -0.182. The van der Waals surface area contributed by atoms with Crippen molar-refractivity contribution >= 4 is 24.2 Å². The second kappa shape index (κ2) is 9.70. The minimum Gasteiger partial charge on any atom is -0.455 e. The van der Waals surface area contributed by atoms with Crippen LogP contribution in [0.4, 0.5) is 0 Å². The van der Waals surface area contributed by atoms with Gasteiger partial charge in [0.15, 0.2) is 18.5 Å². The van der Waals surface area contributed by atoms with E-state index >= 15 is 0 Å². The SMILES string of the molecule is CC=C(OC(C)=O)[C@@H](OC(C)=O)[C@@H](OC(C)=O)[C@H](O)[C@@H](O)C=O. The van der Waals surface area contributed by atoms with E-state index in [4.69, 9.17) is 14.2 Å². The smallest absolute Gasteiger partial charge is 0.307 e. The van der Waals surface area contributed by atoms with Gasteiger partial charge in [-0.15, -0.1) is 0 Å². The van der Waals surface area contributed by atoms with Crippen LogP contribution in [-0.2, 0) is 33.4 Å². The summed E-state index contributed by atoms with van der Waals surface area (Å²) in [5, 5.41) is 19.4. The van der Waals surface area contributed by atoms with Crippen LogP contribution in [0.1, 0.15) is 27.7 Å². The summed E-state index contributed by atoms with van der Waals surface area (Å²) < 4.78 is 14.6. The summed E-state index contributed by atoms with van der Waals surface area (Å²) >= 11 is 0. The van der Waals surface area contributed by atoms with Crippen LogP contribution >= 0.6 is 0 Å². The maximum absolute atomic E-state index is 11.3. The molecule has 0 bridgehead atoms. The Hall–Kier alpha value is -2.26. The number of esters is 3. The molecule has 0 heterocycles. The van der Waals surface area contributed by atoms with Gasteiger partial charge >= 0.3 is 17.9 Å². The van der Waals surface area contributed by atoms with Crippen molar-refractivity contribution in [3.05, 3.63) is 11.8 Å². The second-order valence-electron chi connectivity index (χ2n) is 4.51. The van der Waals surface area contributed by atoms with Gasteiger partial charge in [0.1, 0.15) is 18.0 Å². The van der Waals surface area contributed by atoms with Crippen LogP contribution in [0.5, 0.6) is 0 Å². The summed E-state index contributed by atoms with van der Waals surface area (Å²) in [5.74, 6) is -2.67. The van der Waals surface area contributed by atoms with Gasteiger partial charge in [-0.2, -0.15) is 0 Å². The van der Waals surface area contributed by atoms with E-state index < -0.39 is 42.3 Å². The zero-order valence-electron chi connectivity index (χ0n) is 13.2.